The van der Waals surface area contributed by atoms with Gasteiger partial charge in [-0.15, -0.1) is 0 Å². The Kier molecular flexibility index (Phi) is 5.58. The summed E-state index contributed by atoms with van der Waals surface area (Å²) in [7, 11) is 0. The van der Waals surface area contributed by atoms with Crippen molar-refractivity contribution in [2.24, 2.45) is 11.5 Å². The summed E-state index contributed by atoms with van der Waals surface area (Å²) in [5, 5.41) is 9.87. The van der Waals surface area contributed by atoms with Crippen molar-refractivity contribution in [2.75, 3.05) is 6.54 Å². The van der Waals surface area contributed by atoms with E-state index in [4.69, 9.17) is 11.5 Å². The molecule has 15 heavy (non-hydrogen) atoms. The summed E-state index contributed by atoms with van der Waals surface area (Å²) in [5.41, 5.74) is 12.2. The first kappa shape index (κ1) is 13.5. The van der Waals surface area contributed by atoms with Crippen LogP contribution in [0.5, 0.6) is 5.75 Å². The predicted molar refractivity (Wildman–Crippen MR) is 78.8 cm³/mol. The van der Waals surface area contributed by atoms with E-state index >= 15 is 0 Å². The van der Waals surface area contributed by atoms with Gasteiger partial charge in [-0.05, 0) is 76.7 Å². The lowest BCUT2D eigenvalue weighted by Crippen LogP contribution is -2.13. The Morgan fingerprint density at radius 3 is 2.60 bits per heavy atom. The van der Waals surface area contributed by atoms with Crippen molar-refractivity contribution in [1.29, 1.82) is 0 Å². The fourth-order valence-electron chi connectivity index (χ4n) is 1.36. The second kappa shape index (κ2) is 6.21. The van der Waals surface area contributed by atoms with Gasteiger partial charge in [0.15, 0.2) is 0 Å². The van der Waals surface area contributed by atoms with Gasteiger partial charge in [-0.1, -0.05) is 0 Å². The minimum atomic E-state index is -0.128. The van der Waals surface area contributed by atoms with Crippen LogP contribution in [0, 0.1) is 7.14 Å². The van der Waals surface area contributed by atoms with Crippen LogP contribution >= 0.6 is 45.2 Å². The zero-order valence-electron chi connectivity index (χ0n) is 8.21. The maximum atomic E-state index is 9.87. The summed E-state index contributed by atoms with van der Waals surface area (Å²) in [6.07, 6.45) is 1.68. The average molecular weight is 432 g/mol. The molecule has 0 unspecified atom stereocenters. The lowest BCUT2D eigenvalue weighted by atomic mass is 10.0. The molecule has 5 N–H and O–H groups in total. The molecular formula is C10H14I2N2O. The van der Waals surface area contributed by atoms with Crippen LogP contribution in [0.1, 0.15) is 24.4 Å². The van der Waals surface area contributed by atoms with Crippen LogP contribution in [0.15, 0.2) is 12.1 Å². The van der Waals surface area contributed by atoms with E-state index in [1.165, 1.54) is 0 Å². The molecule has 0 bridgehead atoms. The maximum absolute atomic E-state index is 9.87. The molecule has 84 valence electrons. The quantitative estimate of drug-likeness (QED) is 0.640. The van der Waals surface area contributed by atoms with Crippen LogP contribution in [0.4, 0.5) is 0 Å². The van der Waals surface area contributed by atoms with E-state index in [-0.39, 0.29) is 6.04 Å². The summed E-state index contributed by atoms with van der Waals surface area (Å²) < 4.78 is 1.94. The first-order chi connectivity index (χ1) is 7.06. The lowest BCUT2D eigenvalue weighted by Gasteiger charge is -2.14. The second-order valence-electron chi connectivity index (χ2n) is 3.36. The predicted octanol–water partition coefficient (Wildman–Crippen LogP) is 2.34. The molecule has 0 saturated carbocycles. The largest absolute Gasteiger partial charge is 0.506 e. The minimum absolute atomic E-state index is 0.128. The third-order valence-corrected chi connectivity index (χ3v) is 3.62. The first-order valence-electron chi connectivity index (χ1n) is 4.69. The summed E-state index contributed by atoms with van der Waals surface area (Å²) in [4.78, 5) is 0. The van der Waals surface area contributed by atoms with Crippen LogP contribution in [-0.4, -0.2) is 11.7 Å². The number of phenolic OH excluding ortho intramolecular Hbond substituents is 1. The summed E-state index contributed by atoms with van der Waals surface area (Å²) in [6, 6.07) is 3.73. The van der Waals surface area contributed by atoms with Crippen molar-refractivity contribution >= 4 is 45.2 Å². The van der Waals surface area contributed by atoms with Gasteiger partial charge in [0.05, 0.1) is 3.57 Å². The van der Waals surface area contributed by atoms with Gasteiger partial charge in [-0.2, -0.15) is 0 Å². The highest BCUT2D eigenvalue weighted by Gasteiger charge is 2.13. The Morgan fingerprint density at radius 2 is 2.00 bits per heavy atom. The summed E-state index contributed by atoms with van der Waals surface area (Å²) in [6.45, 7) is 0.634. The summed E-state index contributed by atoms with van der Waals surface area (Å²) in [5.74, 6) is 0.306. The zero-order valence-corrected chi connectivity index (χ0v) is 12.5. The fraction of sp³-hybridized carbons (Fsp3) is 0.400. The monoisotopic (exact) mass is 432 g/mol. The number of nitrogens with two attached hydrogens (primary N) is 2. The van der Waals surface area contributed by atoms with Gasteiger partial charge in [0, 0.05) is 15.2 Å². The SMILES string of the molecule is NCCC[C@@H](N)c1cc(I)cc(I)c1O. The summed E-state index contributed by atoms with van der Waals surface area (Å²) >= 11 is 4.33. The maximum Gasteiger partial charge on any atom is 0.133 e. The molecule has 1 aromatic rings. The molecule has 0 aliphatic carbocycles. The molecular weight excluding hydrogens is 418 g/mol. The highest BCUT2D eigenvalue weighted by atomic mass is 127. The molecule has 0 aliphatic heterocycles. The van der Waals surface area contributed by atoms with E-state index in [1.54, 1.807) is 0 Å². The molecule has 1 aromatic carbocycles. The molecule has 3 nitrogen and oxygen atoms in total. The van der Waals surface area contributed by atoms with E-state index in [1.807, 2.05) is 12.1 Å². The second-order valence-corrected chi connectivity index (χ2v) is 5.77. The Hall–Kier alpha value is 0.400. The number of hydrogen-bond acceptors (Lipinski definition) is 3. The van der Waals surface area contributed by atoms with Crippen LogP contribution in [0.2, 0.25) is 0 Å². The third-order valence-electron chi connectivity index (χ3n) is 2.18. The van der Waals surface area contributed by atoms with Crippen molar-refractivity contribution < 1.29 is 5.11 Å². The van der Waals surface area contributed by atoms with E-state index in [2.05, 4.69) is 45.2 Å². The number of benzene rings is 1. The zero-order chi connectivity index (χ0) is 11.4. The number of hydrogen-bond donors (Lipinski definition) is 3. The van der Waals surface area contributed by atoms with Gasteiger partial charge in [-0.3, -0.25) is 0 Å². The van der Waals surface area contributed by atoms with E-state index < -0.39 is 0 Å². The molecule has 0 spiro atoms. The molecule has 0 aromatic heterocycles. The van der Waals surface area contributed by atoms with Gasteiger partial charge in [-0.25, -0.2) is 0 Å². The Bertz CT molecular complexity index is 344. The van der Waals surface area contributed by atoms with Crippen LogP contribution in [0.25, 0.3) is 0 Å². The smallest absolute Gasteiger partial charge is 0.133 e. The lowest BCUT2D eigenvalue weighted by molar-refractivity contribution is 0.453. The molecule has 0 saturated heterocycles. The topological polar surface area (TPSA) is 72.3 Å². The number of halogens is 2. The number of aromatic hydroxyl groups is 1. The van der Waals surface area contributed by atoms with Gasteiger partial charge in [0.2, 0.25) is 0 Å². The number of phenols is 1. The van der Waals surface area contributed by atoms with E-state index in [9.17, 15) is 5.11 Å². The van der Waals surface area contributed by atoms with Gasteiger partial charge < -0.3 is 16.6 Å². The molecule has 0 aliphatic rings. The standard InChI is InChI=1S/C10H14I2N2O/c11-6-4-7(9(14)2-1-3-13)10(15)8(12)5-6/h4-5,9,15H,1-3,13-14H2/t9-/m1/s1. The molecule has 0 fully saturated rings. The van der Waals surface area contributed by atoms with Crippen LogP contribution in [0.3, 0.4) is 0 Å². The Morgan fingerprint density at radius 1 is 1.33 bits per heavy atom. The normalized spacial score (nSPS) is 12.8. The highest BCUT2D eigenvalue weighted by molar-refractivity contribution is 14.1. The van der Waals surface area contributed by atoms with Gasteiger partial charge in [0.1, 0.15) is 5.75 Å². The molecule has 1 atom stereocenters. The first-order valence-corrected chi connectivity index (χ1v) is 6.85. The Labute approximate surface area is 117 Å². The van der Waals surface area contributed by atoms with Gasteiger partial charge in [0.25, 0.3) is 0 Å². The van der Waals surface area contributed by atoms with E-state index in [0.717, 1.165) is 25.5 Å². The van der Waals surface area contributed by atoms with Crippen molar-refractivity contribution in [3.05, 3.63) is 24.8 Å². The minimum Gasteiger partial charge on any atom is -0.506 e. The molecule has 0 radical (unpaired) electrons. The fourth-order valence-corrected chi connectivity index (χ4v) is 3.25. The molecule has 1 rings (SSSR count). The molecule has 0 amide bonds. The van der Waals surface area contributed by atoms with Gasteiger partial charge >= 0.3 is 0 Å². The van der Waals surface area contributed by atoms with Crippen molar-refractivity contribution in [3.63, 3.8) is 0 Å². The highest BCUT2D eigenvalue weighted by Crippen LogP contribution is 2.31. The molecule has 0 heterocycles. The van der Waals surface area contributed by atoms with Crippen molar-refractivity contribution in [1.82, 2.24) is 0 Å². The van der Waals surface area contributed by atoms with E-state index in [0.29, 0.717) is 12.3 Å². The van der Waals surface area contributed by atoms with Crippen LogP contribution < -0.4 is 11.5 Å². The average Bonchev–Trinajstić information content (AvgIpc) is 2.19. The number of rotatable bonds is 4. The van der Waals surface area contributed by atoms with Crippen molar-refractivity contribution in [2.45, 2.75) is 18.9 Å². The molecule has 5 heteroatoms. The van der Waals surface area contributed by atoms with Crippen LogP contribution in [-0.2, 0) is 0 Å². The van der Waals surface area contributed by atoms with Crippen molar-refractivity contribution in [3.8, 4) is 5.75 Å². The third kappa shape index (κ3) is 3.72. The Balaban J connectivity index is 2.92.